The molecule has 0 heterocycles. The molecule has 0 atom stereocenters. The molecule has 0 saturated heterocycles. The van der Waals surface area contributed by atoms with Crippen molar-refractivity contribution in [1.82, 2.24) is 0 Å². The Labute approximate surface area is 270 Å². The molecule has 0 aliphatic carbocycles. The molecule has 248 valence electrons. The van der Waals surface area contributed by atoms with Crippen molar-refractivity contribution >= 4 is 92.1 Å². The maximum absolute atomic E-state index is 12.2. The van der Waals surface area contributed by atoms with E-state index in [1.807, 2.05) is 0 Å². The Kier molecular flexibility index (Phi) is 8.60. The molecule has 9 N–H and O–H groups in total. The molecule has 0 bridgehead atoms. The number of rotatable bonds is 8. The van der Waals surface area contributed by atoms with Crippen LogP contribution in [-0.2, 0) is 30.4 Å². The van der Waals surface area contributed by atoms with Crippen LogP contribution in [0.5, 0.6) is 5.75 Å². The van der Waals surface area contributed by atoms with Crippen molar-refractivity contribution in [2.75, 3.05) is 11.1 Å². The van der Waals surface area contributed by atoms with Gasteiger partial charge in [-0.25, -0.2) is 4.79 Å². The van der Waals surface area contributed by atoms with Crippen molar-refractivity contribution in [3.63, 3.8) is 0 Å². The van der Waals surface area contributed by atoms with Gasteiger partial charge < -0.3 is 21.9 Å². The smallest absolute Gasteiger partial charge is 0.316 e. The molecule has 2 amide bonds. The SMILES string of the molecule is NC(=O)Nc1cc(N=Nc2c(S(=O)(=O)O)cc3cc(S(=O)(=O)O)cc(N)c3c2O)ccc1N=Nc1ccc2cc(S(=O)(=O)O)ccc2c1. The van der Waals surface area contributed by atoms with Gasteiger partial charge in [-0.3, -0.25) is 13.7 Å². The molecule has 0 radical (unpaired) electrons. The summed E-state index contributed by atoms with van der Waals surface area (Å²) >= 11 is 0. The van der Waals surface area contributed by atoms with Crippen LogP contribution in [0.15, 0.2) is 108 Å². The quantitative estimate of drug-likeness (QED) is 0.0608. The minimum Gasteiger partial charge on any atom is -0.505 e. The Bertz CT molecular complexity index is 2570. The van der Waals surface area contributed by atoms with Crippen molar-refractivity contribution in [3.05, 3.63) is 72.8 Å². The number of nitrogens with one attached hydrogen (secondary N) is 1. The third kappa shape index (κ3) is 7.20. The van der Waals surface area contributed by atoms with Crippen LogP contribution in [0.25, 0.3) is 21.5 Å². The molecule has 0 fully saturated rings. The first-order valence-electron chi connectivity index (χ1n) is 12.9. The highest BCUT2D eigenvalue weighted by Gasteiger charge is 2.25. The number of nitrogens with zero attached hydrogens (tertiary/aromatic N) is 4. The van der Waals surface area contributed by atoms with Crippen molar-refractivity contribution in [2.45, 2.75) is 14.7 Å². The summed E-state index contributed by atoms with van der Waals surface area (Å²) in [6.45, 7) is 0. The summed E-state index contributed by atoms with van der Waals surface area (Å²) in [7, 11) is -14.3. The van der Waals surface area contributed by atoms with Crippen molar-refractivity contribution in [3.8, 4) is 5.75 Å². The van der Waals surface area contributed by atoms with Crippen LogP contribution in [0.1, 0.15) is 0 Å². The molecular weight excluding hydrogens is 695 g/mol. The number of hydrogen-bond acceptors (Lipinski definition) is 13. The fourth-order valence-corrected chi connectivity index (χ4v) is 6.22. The van der Waals surface area contributed by atoms with Gasteiger partial charge in [0.1, 0.15) is 16.3 Å². The zero-order valence-electron chi connectivity index (χ0n) is 23.7. The average molecular weight is 716 g/mol. The Hall–Kier alpha value is -5.58. The van der Waals surface area contributed by atoms with Gasteiger partial charge in [-0.05, 0) is 76.8 Å². The van der Waals surface area contributed by atoms with E-state index in [2.05, 4.69) is 25.8 Å². The van der Waals surface area contributed by atoms with Gasteiger partial charge in [-0.1, -0.05) is 12.1 Å². The van der Waals surface area contributed by atoms with Gasteiger partial charge in [0.15, 0.2) is 5.75 Å². The maximum atomic E-state index is 12.2. The summed E-state index contributed by atoms with van der Waals surface area (Å²) in [6.07, 6.45) is 0. The second-order valence-corrected chi connectivity index (χ2v) is 14.1. The number of carbonyl (C=O) groups is 1. The summed E-state index contributed by atoms with van der Waals surface area (Å²) in [5.41, 5.74) is 10.3. The first kappa shape index (κ1) is 33.8. The standard InChI is InChI=1S/C27H21N7O11S3/c28-20-12-19(47(40,41)42)9-15-10-23(48(43,44)45)25(26(35)24(15)20)34-32-17-4-6-21(22(11-17)30-27(29)36)33-31-16-3-1-14-8-18(46(37,38)39)5-2-13(14)7-16/h1-12,35H,28H2,(H3,29,30,36)(H,37,38,39)(H,40,41,42)(H,43,44,45). The molecule has 0 unspecified atom stereocenters. The highest BCUT2D eigenvalue weighted by Crippen LogP contribution is 2.44. The van der Waals surface area contributed by atoms with E-state index >= 15 is 0 Å². The molecular formula is C27H21N7O11S3. The largest absolute Gasteiger partial charge is 0.505 e. The lowest BCUT2D eigenvalue weighted by Crippen LogP contribution is -2.19. The number of phenolic OH excluding ortho intramolecular Hbond substituents is 1. The highest BCUT2D eigenvalue weighted by molar-refractivity contribution is 7.86. The number of anilines is 2. The van der Waals surface area contributed by atoms with Crippen LogP contribution in [0, 0.1) is 0 Å². The molecule has 21 heteroatoms. The minimum atomic E-state index is -5.11. The van der Waals surface area contributed by atoms with Crippen molar-refractivity contribution in [2.24, 2.45) is 26.2 Å². The number of carbonyl (C=O) groups excluding carboxylic acids is 1. The normalized spacial score (nSPS) is 12.7. The Balaban J connectivity index is 1.53. The average Bonchev–Trinajstić information content (AvgIpc) is 2.97. The minimum absolute atomic E-state index is 0.0268. The number of nitrogen functional groups attached to an aromatic ring is 1. The van der Waals surface area contributed by atoms with Gasteiger partial charge in [0.2, 0.25) is 0 Å². The molecule has 48 heavy (non-hydrogen) atoms. The van der Waals surface area contributed by atoms with Crippen LogP contribution in [0.4, 0.5) is 38.9 Å². The fourth-order valence-electron chi connectivity index (χ4n) is 4.49. The number of fused-ring (bicyclic) bond motifs is 2. The molecule has 0 spiro atoms. The Morgan fingerprint density at radius 2 is 1.23 bits per heavy atom. The molecule has 5 aromatic carbocycles. The number of primary amides is 1. The van der Waals surface area contributed by atoms with Gasteiger partial charge in [0.05, 0.1) is 26.9 Å². The lowest BCUT2D eigenvalue weighted by atomic mass is 10.1. The van der Waals surface area contributed by atoms with Crippen molar-refractivity contribution < 1.29 is 48.8 Å². The maximum Gasteiger partial charge on any atom is 0.316 e. The molecule has 0 saturated carbocycles. The number of phenols is 1. The summed E-state index contributed by atoms with van der Waals surface area (Å²) in [5, 5.41) is 29.6. The number of hydrogen-bond donors (Lipinski definition) is 7. The fraction of sp³-hybridized carbons (Fsp3) is 0. The van der Waals surface area contributed by atoms with E-state index in [1.165, 1.54) is 42.5 Å². The van der Waals surface area contributed by atoms with Crippen LogP contribution in [-0.4, -0.2) is 50.0 Å². The highest BCUT2D eigenvalue weighted by atomic mass is 32.2. The molecule has 5 aromatic rings. The van der Waals surface area contributed by atoms with E-state index in [-0.39, 0.29) is 38.4 Å². The van der Waals surface area contributed by atoms with E-state index in [9.17, 15) is 48.8 Å². The van der Waals surface area contributed by atoms with E-state index < -0.39 is 57.6 Å². The molecule has 0 aliphatic heterocycles. The first-order valence-corrected chi connectivity index (χ1v) is 17.2. The van der Waals surface area contributed by atoms with E-state index in [4.69, 9.17) is 11.5 Å². The summed E-state index contributed by atoms with van der Waals surface area (Å²) < 4.78 is 98.9. The van der Waals surface area contributed by atoms with Gasteiger partial charge >= 0.3 is 6.03 Å². The van der Waals surface area contributed by atoms with E-state index in [1.54, 1.807) is 12.1 Å². The predicted molar refractivity (Wildman–Crippen MR) is 171 cm³/mol. The number of urea groups is 1. The Morgan fingerprint density at radius 1 is 0.646 bits per heavy atom. The molecule has 18 nitrogen and oxygen atoms in total. The van der Waals surface area contributed by atoms with E-state index in [0.29, 0.717) is 16.5 Å². The number of azo groups is 2. The summed E-state index contributed by atoms with van der Waals surface area (Å²) in [5.74, 6) is -0.895. The number of nitrogens with two attached hydrogens (primary N) is 2. The molecule has 5 rings (SSSR count). The van der Waals surface area contributed by atoms with E-state index in [0.717, 1.165) is 18.2 Å². The van der Waals surface area contributed by atoms with Crippen molar-refractivity contribution in [1.29, 1.82) is 0 Å². The van der Waals surface area contributed by atoms with Crippen LogP contribution in [0.2, 0.25) is 0 Å². The van der Waals surface area contributed by atoms with Gasteiger partial charge in [-0.15, -0.1) is 10.2 Å². The summed E-state index contributed by atoms with van der Waals surface area (Å²) in [6, 6.07) is 13.9. The lowest BCUT2D eigenvalue weighted by Gasteiger charge is -2.12. The van der Waals surface area contributed by atoms with Gasteiger partial charge in [-0.2, -0.15) is 35.5 Å². The van der Waals surface area contributed by atoms with Crippen LogP contribution < -0.4 is 16.8 Å². The molecule has 0 aliphatic rings. The first-order chi connectivity index (χ1) is 22.3. The zero-order valence-corrected chi connectivity index (χ0v) is 26.2. The topological polar surface area (TPSA) is 314 Å². The second kappa shape index (κ2) is 12.2. The third-order valence-corrected chi connectivity index (χ3v) is 9.15. The number of benzene rings is 5. The third-order valence-electron chi connectivity index (χ3n) is 6.60. The van der Waals surface area contributed by atoms with Gasteiger partial charge in [0.25, 0.3) is 30.4 Å². The summed E-state index contributed by atoms with van der Waals surface area (Å²) in [4.78, 5) is 9.74. The zero-order chi connectivity index (χ0) is 35.2. The molecule has 0 aromatic heterocycles. The lowest BCUT2D eigenvalue weighted by molar-refractivity contribution is 0.259. The van der Waals surface area contributed by atoms with Crippen LogP contribution >= 0.6 is 0 Å². The Morgan fingerprint density at radius 3 is 1.88 bits per heavy atom. The number of aromatic hydroxyl groups is 1. The number of amides is 2. The predicted octanol–water partition coefficient (Wildman–Crippen LogP) is 5.34. The van der Waals surface area contributed by atoms with Crippen LogP contribution in [0.3, 0.4) is 0 Å². The monoisotopic (exact) mass is 715 g/mol. The van der Waals surface area contributed by atoms with Gasteiger partial charge in [0, 0.05) is 11.1 Å². The second-order valence-electron chi connectivity index (χ2n) is 9.89.